The summed E-state index contributed by atoms with van der Waals surface area (Å²) < 4.78 is 0. The largest absolute Gasteiger partial charge is 0.478 e. The Morgan fingerprint density at radius 3 is 2.71 bits per heavy atom. The third kappa shape index (κ3) is 3.94. The van der Waals surface area contributed by atoms with Crippen molar-refractivity contribution >= 4 is 18.0 Å². The zero-order valence-corrected chi connectivity index (χ0v) is 12.3. The number of carbonyl (C=O) groups is 2. The summed E-state index contributed by atoms with van der Waals surface area (Å²) in [5, 5.41) is 11.6. The average molecular weight is 287 g/mol. The second kappa shape index (κ2) is 6.57. The molecule has 1 aliphatic carbocycles. The SMILES string of the molecule is CCC1(CNC(=O)c2cccc(/C=C/C(=O)O)c2)CCC1. The fourth-order valence-electron chi connectivity index (χ4n) is 2.65. The number of aliphatic carboxylic acids is 1. The molecule has 1 amide bonds. The van der Waals surface area contributed by atoms with Gasteiger partial charge in [0.05, 0.1) is 0 Å². The average Bonchev–Trinajstić information content (AvgIpc) is 2.44. The van der Waals surface area contributed by atoms with Crippen LogP contribution in [0.4, 0.5) is 0 Å². The van der Waals surface area contributed by atoms with Crippen molar-refractivity contribution in [2.75, 3.05) is 6.54 Å². The van der Waals surface area contributed by atoms with Gasteiger partial charge in [0.25, 0.3) is 5.91 Å². The van der Waals surface area contributed by atoms with Crippen molar-refractivity contribution < 1.29 is 14.7 Å². The lowest BCUT2D eigenvalue weighted by Gasteiger charge is -2.41. The zero-order valence-electron chi connectivity index (χ0n) is 12.3. The van der Waals surface area contributed by atoms with E-state index in [0.29, 0.717) is 11.1 Å². The summed E-state index contributed by atoms with van der Waals surface area (Å²) in [6.45, 7) is 2.89. The van der Waals surface area contributed by atoms with E-state index in [1.54, 1.807) is 24.3 Å². The van der Waals surface area contributed by atoms with Gasteiger partial charge in [0, 0.05) is 18.2 Å². The predicted molar refractivity (Wildman–Crippen MR) is 82.0 cm³/mol. The van der Waals surface area contributed by atoms with Crippen molar-refractivity contribution in [3.8, 4) is 0 Å². The first-order valence-electron chi connectivity index (χ1n) is 7.34. The summed E-state index contributed by atoms with van der Waals surface area (Å²) in [6.07, 6.45) is 7.26. The molecule has 0 heterocycles. The minimum absolute atomic E-state index is 0.0969. The summed E-state index contributed by atoms with van der Waals surface area (Å²) >= 11 is 0. The number of benzene rings is 1. The molecule has 4 heteroatoms. The standard InChI is InChI=1S/C17H21NO3/c1-2-17(9-4-10-17)12-18-16(21)14-6-3-5-13(11-14)7-8-15(19)20/h3,5-8,11H,2,4,9-10,12H2,1H3,(H,18,21)(H,19,20)/b8-7+. The third-order valence-corrected chi connectivity index (χ3v) is 4.36. The molecule has 0 radical (unpaired) electrons. The second-order valence-electron chi connectivity index (χ2n) is 5.69. The monoisotopic (exact) mass is 287 g/mol. The van der Waals surface area contributed by atoms with Crippen LogP contribution in [0.5, 0.6) is 0 Å². The van der Waals surface area contributed by atoms with Gasteiger partial charge in [-0.05, 0) is 48.4 Å². The van der Waals surface area contributed by atoms with Gasteiger partial charge in [-0.2, -0.15) is 0 Å². The van der Waals surface area contributed by atoms with Crippen molar-refractivity contribution in [1.29, 1.82) is 0 Å². The molecule has 1 saturated carbocycles. The van der Waals surface area contributed by atoms with E-state index in [2.05, 4.69) is 12.2 Å². The first-order valence-corrected chi connectivity index (χ1v) is 7.34. The van der Waals surface area contributed by atoms with Crippen LogP contribution in [-0.2, 0) is 4.79 Å². The second-order valence-corrected chi connectivity index (χ2v) is 5.69. The van der Waals surface area contributed by atoms with E-state index in [0.717, 1.165) is 19.0 Å². The van der Waals surface area contributed by atoms with Crippen LogP contribution in [0.2, 0.25) is 0 Å². The maximum Gasteiger partial charge on any atom is 0.328 e. The summed E-state index contributed by atoms with van der Waals surface area (Å²) in [5.41, 5.74) is 1.56. The lowest BCUT2D eigenvalue weighted by molar-refractivity contribution is -0.131. The van der Waals surface area contributed by atoms with Crippen molar-refractivity contribution in [1.82, 2.24) is 5.32 Å². The number of rotatable bonds is 6. The molecule has 2 rings (SSSR count). The number of carbonyl (C=O) groups excluding carboxylic acids is 1. The molecule has 0 aromatic heterocycles. The molecule has 0 bridgehead atoms. The highest BCUT2D eigenvalue weighted by molar-refractivity contribution is 5.95. The molecule has 0 atom stereocenters. The van der Waals surface area contributed by atoms with Crippen molar-refractivity contribution in [2.24, 2.45) is 5.41 Å². The number of hydrogen-bond acceptors (Lipinski definition) is 2. The van der Waals surface area contributed by atoms with E-state index in [9.17, 15) is 9.59 Å². The molecule has 0 unspecified atom stereocenters. The van der Waals surface area contributed by atoms with Gasteiger partial charge in [0.1, 0.15) is 0 Å². The fourth-order valence-corrected chi connectivity index (χ4v) is 2.65. The molecular formula is C17H21NO3. The van der Waals surface area contributed by atoms with Gasteiger partial charge in [-0.3, -0.25) is 4.79 Å². The minimum atomic E-state index is -1.00. The Labute approximate surface area is 124 Å². The molecule has 0 spiro atoms. The lowest BCUT2D eigenvalue weighted by Crippen LogP contribution is -2.41. The van der Waals surface area contributed by atoms with Crippen LogP contribution >= 0.6 is 0 Å². The van der Waals surface area contributed by atoms with Gasteiger partial charge >= 0.3 is 5.97 Å². The Balaban J connectivity index is 1.99. The molecule has 1 fully saturated rings. The van der Waals surface area contributed by atoms with Crippen LogP contribution in [0.25, 0.3) is 6.08 Å². The highest BCUT2D eigenvalue weighted by atomic mass is 16.4. The number of amides is 1. The van der Waals surface area contributed by atoms with Gasteiger partial charge in [-0.15, -0.1) is 0 Å². The first kappa shape index (κ1) is 15.3. The molecule has 0 saturated heterocycles. The summed E-state index contributed by atoms with van der Waals surface area (Å²) in [5.74, 6) is -1.10. The summed E-state index contributed by atoms with van der Waals surface area (Å²) in [6, 6.07) is 6.98. The molecular weight excluding hydrogens is 266 g/mol. The van der Waals surface area contributed by atoms with Crippen LogP contribution in [-0.4, -0.2) is 23.5 Å². The highest BCUT2D eigenvalue weighted by Crippen LogP contribution is 2.43. The van der Waals surface area contributed by atoms with Crippen LogP contribution in [0.3, 0.4) is 0 Å². The van der Waals surface area contributed by atoms with Gasteiger partial charge in [-0.25, -0.2) is 4.79 Å². The molecule has 21 heavy (non-hydrogen) atoms. The first-order chi connectivity index (χ1) is 10.0. The molecule has 0 aliphatic heterocycles. The maximum atomic E-state index is 12.2. The van der Waals surface area contributed by atoms with Crippen LogP contribution < -0.4 is 5.32 Å². The van der Waals surface area contributed by atoms with Crippen LogP contribution in [0.1, 0.15) is 48.5 Å². The van der Waals surface area contributed by atoms with E-state index in [1.165, 1.54) is 25.3 Å². The van der Waals surface area contributed by atoms with Crippen molar-refractivity contribution in [2.45, 2.75) is 32.6 Å². The van der Waals surface area contributed by atoms with Gasteiger partial charge in [-0.1, -0.05) is 25.5 Å². The summed E-state index contributed by atoms with van der Waals surface area (Å²) in [4.78, 5) is 22.7. The van der Waals surface area contributed by atoms with E-state index in [4.69, 9.17) is 5.11 Å². The number of hydrogen-bond donors (Lipinski definition) is 2. The topological polar surface area (TPSA) is 66.4 Å². The quantitative estimate of drug-likeness (QED) is 0.790. The number of carboxylic acids is 1. The van der Waals surface area contributed by atoms with Crippen molar-refractivity contribution in [3.05, 3.63) is 41.5 Å². The fraction of sp³-hybridized carbons (Fsp3) is 0.412. The Bertz CT molecular complexity index is 553. The normalized spacial score (nSPS) is 16.4. The molecule has 1 aromatic rings. The van der Waals surface area contributed by atoms with E-state index >= 15 is 0 Å². The Morgan fingerprint density at radius 1 is 1.38 bits per heavy atom. The maximum absolute atomic E-state index is 12.2. The van der Waals surface area contributed by atoms with E-state index < -0.39 is 5.97 Å². The molecule has 112 valence electrons. The Morgan fingerprint density at radius 2 is 2.14 bits per heavy atom. The van der Waals surface area contributed by atoms with Gasteiger partial charge < -0.3 is 10.4 Å². The van der Waals surface area contributed by atoms with Gasteiger partial charge in [0.15, 0.2) is 0 Å². The molecule has 1 aliphatic rings. The Kier molecular flexibility index (Phi) is 4.78. The molecule has 4 nitrogen and oxygen atoms in total. The van der Waals surface area contributed by atoms with E-state index in [1.807, 2.05) is 0 Å². The third-order valence-electron chi connectivity index (χ3n) is 4.36. The molecule has 1 aromatic carbocycles. The highest BCUT2D eigenvalue weighted by Gasteiger charge is 2.35. The van der Waals surface area contributed by atoms with Crippen LogP contribution in [0, 0.1) is 5.41 Å². The van der Waals surface area contributed by atoms with Crippen molar-refractivity contribution in [3.63, 3.8) is 0 Å². The zero-order chi connectivity index (χ0) is 15.3. The minimum Gasteiger partial charge on any atom is -0.478 e. The Hall–Kier alpha value is -2.10. The van der Waals surface area contributed by atoms with E-state index in [-0.39, 0.29) is 11.3 Å². The number of nitrogens with one attached hydrogen (secondary N) is 1. The smallest absolute Gasteiger partial charge is 0.328 e. The number of carboxylic acid groups (broad SMARTS) is 1. The summed E-state index contributed by atoms with van der Waals surface area (Å²) in [7, 11) is 0. The lowest BCUT2D eigenvalue weighted by atomic mass is 9.67. The molecule has 2 N–H and O–H groups in total. The van der Waals surface area contributed by atoms with Crippen LogP contribution in [0.15, 0.2) is 30.3 Å². The predicted octanol–water partition coefficient (Wildman–Crippen LogP) is 3.09. The van der Waals surface area contributed by atoms with Gasteiger partial charge in [0.2, 0.25) is 0 Å².